The number of pyridine rings is 1. The molecule has 2 rings (SSSR count). The predicted molar refractivity (Wildman–Crippen MR) is 65.1 cm³/mol. The highest BCUT2D eigenvalue weighted by Gasteiger charge is 2.25. The van der Waals surface area contributed by atoms with Crippen molar-refractivity contribution in [2.45, 2.75) is 0 Å². The molecular weight excluding hydrogens is 276 g/mol. The Morgan fingerprint density at radius 3 is 2.10 bits per heavy atom. The van der Waals surface area contributed by atoms with Crippen molar-refractivity contribution in [3.8, 4) is 5.75 Å². The maximum atomic E-state index is 13.7. The summed E-state index contributed by atoms with van der Waals surface area (Å²) >= 11 is 0. The van der Waals surface area contributed by atoms with E-state index in [-0.39, 0.29) is 5.69 Å². The fourth-order valence-corrected chi connectivity index (χ4v) is 1.80. The molecular formula is C13H10F4N2O. The molecule has 0 aliphatic carbocycles. The summed E-state index contributed by atoms with van der Waals surface area (Å²) in [7, 11) is 2.63. The predicted octanol–water partition coefficient (Wildman–Crippen LogP) is 3.41. The number of para-hydroxylation sites is 2. The first-order valence-electron chi connectivity index (χ1n) is 5.54. The van der Waals surface area contributed by atoms with E-state index in [0.29, 0.717) is 5.75 Å². The summed E-state index contributed by atoms with van der Waals surface area (Å²) in [6.45, 7) is 0. The van der Waals surface area contributed by atoms with Crippen LogP contribution in [0.5, 0.6) is 5.75 Å². The Hall–Kier alpha value is -2.31. The second kappa shape index (κ2) is 5.36. The Morgan fingerprint density at radius 1 is 1.00 bits per heavy atom. The Bertz CT molecular complexity index is 622. The van der Waals surface area contributed by atoms with Crippen molar-refractivity contribution in [3.63, 3.8) is 0 Å². The van der Waals surface area contributed by atoms with E-state index in [4.69, 9.17) is 4.74 Å². The summed E-state index contributed by atoms with van der Waals surface area (Å²) in [5.74, 6) is -6.26. The molecule has 0 unspecified atom stereocenters. The third kappa shape index (κ3) is 2.26. The molecule has 0 spiro atoms. The molecule has 0 saturated heterocycles. The highest BCUT2D eigenvalue weighted by molar-refractivity contribution is 5.69. The molecule has 1 aromatic carbocycles. The standard InChI is InChI=1S/C13H10F4N2O/c1-19(7-5-3-4-6-8(7)20-2)11-9(14)12(16)18-13(17)10(11)15/h3-6H,1-2H3. The van der Waals surface area contributed by atoms with Crippen LogP contribution in [0.15, 0.2) is 24.3 Å². The van der Waals surface area contributed by atoms with Crippen LogP contribution in [-0.4, -0.2) is 19.1 Å². The fourth-order valence-electron chi connectivity index (χ4n) is 1.80. The van der Waals surface area contributed by atoms with Crippen LogP contribution in [0.3, 0.4) is 0 Å². The number of hydrogen-bond donors (Lipinski definition) is 0. The zero-order chi connectivity index (χ0) is 14.9. The van der Waals surface area contributed by atoms with E-state index in [9.17, 15) is 17.6 Å². The number of anilines is 2. The molecule has 0 radical (unpaired) electrons. The van der Waals surface area contributed by atoms with Crippen LogP contribution in [0.1, 0.15) is 0 Å². The number of nitrogens with zero attached hydrogens (tertiary/aromatic N) is 2. The van der Waals surface area contributed by atoms with Gasteiger partial charge < -0.3 is 9.64 Å². The lowest BCUT2D eigenvalue weighted by Crippen LogP contribution is -2.17. The van der Waals surface area contributed by atoms with E-state index in [2.05, 4.69) is 4.98 Å². The van der Waals surface area contributed by atoms with E-state index < -0.39 is 29.2 Å². The summed E-state index contributed by atoms with van der Waals surface area (Å²) < 4.78 is 58.7. The van der Waals surface area contributed by atoms with Crippen LogP contribution in [-0.2, 0) is 0 Å². The van der Waals surface area contributed by atoms with Crippen LogP contribution in [0, 0.1) is 23.5 Å². The molecule has 0 aliphatic heterocycles. The topological polar surface area (TPSA) is 25.4 Å². The Balaban J connectivity index is 2.62. The summed E-state index contributed by atoms with van der Waals surface area (Å²) in [6.07, 6.45) is 0. The maximum absolute atomic E-state index is 13.7. The molecule has 0 amide bonds. The Morgan fingerprint density at radius 2 is 1.55 bits per heavy atom. The lowest BCUT2D eigenvalue weighted by atomic mass is 10.2. The number of ether oxygens (including phenoxy) is 1. The number of methoxy groups -OCH3 is 1. The largest absolute Gasteiger partial charge is 0.495 e. The van der Waals surface area contributed by atoms with E-state index in [1.54, 1.807) is 18.2 Å². The minimum atomic E-state index is -1.71. The van der Waals surface area contributed by atoms with Crippen molar-refractivity contribution in [1.82, 2.24) is 4.98 Å². The number of rotatable bonds is 3. The quantitative estimate of drug-likeness (QED) is 0.638. The fraction of sp³-hybridized carbons (Fsp3) is 0.154. The summed E-state index contributed by atoms with van der Waals surface area (Å²) in [5, 5.41) is 0. The van der Waals surface area contributed by atoms with Crippen molar-refractivity contribution in [3.05, 3.63) is 47.8 Å². The molecule has 1 aromatic heterocycles. The molecule has 0 fully saturated rings. The first kappa shape index (κ1) is 14.1. The van der Waals surface area contributed by atoms with Gasteiger partial charge in [-0.05, 0) is 12.1 Å². The number of halogens is 4. The molecule has 0 saturated carbocycles. The van der Waals surface area contributed by atoms with Gasteiger partial charge in [-0.3, -0.25) is 0 Å². The van der Waals surface area contributed by atoms with Crippen LogP contribution in [0.4, 0.5) is 28.9 Å². The first-order chi connectivity index (χ1) is 9.47. The highest BCUT2D eigenvalue weighted by Crippen LogP contribution is 2.35. The minimum absolute atomic E-state index is 0.248. The van der Waals surface area contributed by atoms with Crippen LogP contribution < -0.4 is 9.64 Å². The van der Waals surface area contributed by atoms with Gasteiger partial charge >= 0.3 is 0 Å². The summed E-state index contributed by atoms with van der Waals surface area (Å²) in [5.41, 5.74) is -0.627. The molecule has 0 aliphatic rings. The molecule has 0 N–H and O–H groups in total. The SMILES string of the molecule is COc1ccccc1N(C)c1c(F)c(F)nc(F)c1F. The van der Waals surface area contributed by atoms with Gasteiger partial charge in [-0.2, -0.15) is 22.5 Å². The Kier molecular flexibility index (Phi) is 3.78. The van der Waals surface area contributed by atoms with E-state index >= 15 is 0 Å². The Labute approximate surface area is 112 Å². The second-order valence-corrected chi connectivity index (χ2v) is 3.90. The summed E-state index contributed by atoms with van der Waals surface area (Å²) in [4.78, 5) is 3.47. The van der Waals surface area contributed by atoms with Gasteiger partial charge in [-0.25, -0.2) is 0 Å². The second-order valence-electron chi connectivity index (χ2n) is 3.90. The smallest absolute Gasteiger partial charge is 0.253 e. The molecule has 7 heteroatoms. The van der Waals surface area contributed by atoms with E-state index in [0.717, 1.165) is 4.90 Å². The molecule has 20 heavy (non-hydrogen) atoms. The molecule has 2 aromatic rings. The minimum Gasteiger partial charge on any atom is -0.495 e. The molecule has 106 valence electrons. The zero-order valence-corrected chi connectivity index (χ0v) is 10.6. The normalized spacial score (nSPS) is 10.5. The van der Waals surface area contributed by atoms with Crippen molar-refractivity contribution >= 4 is 11.4 Å². The average Bonchev–Trinajstić information content (AvgIpc) is 2.45. The lowest BCUT2D eigenvalue weighted by molar-refractivity contribution is 0.406. The number of benzene rings is 1. The van der Waals surface area contributed by atoms with Crippen LogP contribution in [0.25, 0.3) is 0 Å². The molecule has 0 bridgehead atoms. The van der Waals surface area contributed by atoms with E-state index in [1.165, 1.54) is 20.2 Å². The van der Waals surface area contributed by atoms with Crippen molar-refractivity contribution in [2.24, 2.45) is 0 Å². The van der Waals surface area contributed by atoms with Gasteiger partial charge in [0.05, 0.1) is 12.8 Å². The molecule has 1 heterocycles. The maximum Gasteiger partial charge on any atom is 0.253 e. The number of hydrogen-bond acceptors (Lipinski definition) is 3. The van der Waals surface area contributed by atoms with Gasteiger partial charge in [0.25, 0.3) is 11.9 Å². The highest BCUT2D eigenvalue weighted by atomic mass is 19.2. The van der Waals surface area contributed by atoms with Crippen molar-refractivity contribution in [1.29, 1.82) is 0 Å². The molecule has 0 atom stereocenters. The van der Waals surface area contributed by atoms with Gasteiger partial charge in [0.2, 0.25) is 11.6 Å². The zero-order valence-electron chi connectivity index (χ0n) is 10.6. The lowest BCUT2D eigenvalue weighted by Gasteiger charge is -2.22. The van der Waals surface area contributed by atoms with Crippen molar-refractivity contribution < 1.29 is 22.3 Å². The summed E-state index contributed by atoms with van der Waals surface area (Å²) in [6, 6.07) is 6.29. The van der Waals surface area contributed by atoms with Gasteiger partial charge in [-0.1, -0.05) is 12.1 Å². The van der Waals surface area contributed by atoms with Gasteiger partial charge in [0.1, 0.15) is 11.4 Å². The third-order valence-corrected chi connectivity index (χ3v) is 2.76. The van der Waals surface area contributed by atoms with Crippen molar-refractivity contribution in [2.75, 3.05) is 19.1 Å². The first-order valence-corrected chi connectivity index (χ1v) is 5.54. The van der Waals surface area contributed by atoms with Gasteiger partial charge in [0.15, 0.2) is 0 Å². The van der Waals surface area contributed by atoms with E-state index in [1.807, 2.05) is 0 Å². The monoisotopic (exact) mass is 286 g/mol. The van der Waals surface area contributed by atoms with Crippen LogP contribution in [0.2, 0.25) is 0 Å². The number of aromatic nitrogens is 1. The molecule has 3 nitrogen and oxygen atoms in total. The van der Waals surface area contributed by atoms with Crippen LogP contribution >= 0.6 is 0 Å². The third-order valence-electron chi connectivity index (χ3n) is 2.76. The van der Waals surface area contributed by atoms with Gasteiger partial charge in [-0.15, -0.1) is 0 Å². The van der Waals surface area contributed by atoms with Gasteiger partial charge in [0, 0.05) is 7.05 Å². The average molecular weight is 286 g/mol.